The highest BCUT2D eigenvalue weighted by molar-refractivity contribution is 7.89. The summed E-state index contributed by atoms with van der Waals surface area (Å²) in [5.41, 5.74) is 0.319. The number of aromatic nitrogens is 1. The number of pyridine rings is 1. The van der Waals surface area contributed by atoms with Crippen LogP contribution in [0, 0.1) is 0 Å². The van der Waals surface area contributed by atoms with Crippen LogP contribution in [-0.4, -0.2) is 36.7 Å². The number of halogens is 1. The molecule has 3 rings (SSSR count). The first-order chi connectivity index (χ1) is 13.8. The molecule has 0 aliphatic heterocycles. The van der Waals surface area contributed by atoms with E-state index >= 15 is 0 Å². The van der Waals surface area contributed by atoms with Gasteiger partial charge in [-0.25, -0.2) is 8.42 Å². The molecule has 0 saturated heterocycles. The first kappa shape index (κ1) is 21.0. The second-order valence-corrected chi connectivity index (χ2v) is 8.61. The summed E-state index contributed by atoms with van der Waals surface area (Å²) < 4.78 is 26.4. The molecule has 2 N–H and O–H groups in total. The molecule has 7 nitrogen and oxygen atoms in total. The predicted octanol–water partition coefficient (Wildman–Crippen LogP) is 3.46. The summed E-state index contributed by atoms with van der Waals surface area (Å²) in [6.07, 6.45) is 1.31. The Morgan fingerprint density at radius 1 is 1.10 bits per heavy atom. The van der Waals surface area contributed by atoms with E-state index in [1.165, 1.54) is 34.8 Å². The van der Waals surface area contributed by atoms with Crippen molar-refractivity contribution in [2.75, 3.05) is 18.4 Å². The number of nitrogens with zero attached hydrogens (tertiary/aromatic N) is 1. The molecule has 0 spiro atoms. The predicted molar refractivity (Wildman–Crippen MR) is 114 cm³/mol. The summed E-state index contributed by atoms with van der Waals surface area (Å²) in [4.78, 5) is 28.2. The molecule has 0 unspecified atom stereocenters. The Bertz CT molecular complexity index is 1220. The summed E-state index contributed by atoms with van der Waals surface area (Å²) in [5.74, 6) is -0.604. The number of amides is 1. The van der Waals surface area contributed by atoms with Crippen molar-refractivity contribution in [1.29, 1.82) is 0 Å². The number of hydrogen-bond acceptors (Lipinski definition) is 4. The maximum absolute atomic E-state index is 12.6. The first-order valence-electron chi connectivity index (χ1n) is 9.01. The first-order valence-corrected chi connectivity index (χ1v) is 10.8. The van der Waals surface area contributed by atoms with Crippen LogP contribution in [0.25, 0.3) is 10.9 Å². The number of sulfonamides is 1. The molecule has 2 aromatic carbocycles. The minimum absolute atomic E-state index is 0.0698. The third-order valence-electron chi connectivity index (χ3n) is 4.56. The number of H-pyrrole nitrogens is 1. The third kappa shape index (κ3) is 4.05. The zero-order valence-corrected chi connectivity index (χ0v) is 17.5. The van der Waals surface area contributed by atoms with Gasteiger partial charge in [0.25, 0.3) is 5.91 Å². The lowest BCUT2D eigenvalue weighted by Gasteiger charge is -2.18. The number of aromatic amines is 1. The highest BCUT2D eigenvalue weighted by Gasteiger charge is 2.21. The highest BCUT2D eigenvalue weighted by atomic mass is 35.5. The smallest absolute Gasteiger partial charge is 0.261 e. The Morgan fingerprint density at radius 2 is 1.76 bits per heavy atom. The molecule has 1 heterocycles. The zero-order chi connectivity index (χ0) is 21.2. The molecule has 0 saturated carbocycles. The average molecular weight is 434 g/mol. The van der Waals surface area contributed by atoms with Crippen LogP contribution in [0.5, 0.6) is 0 Å². The molecule has 0 aliphatic rings. The van der Waals surface area contributed by atoms with Crippen LogP contribution in [0.4, 0.5) is 5.69 Å². The Hall–Kier alpha value is -2.68. The number of nitrogens with one attached hydrogen (secondary N) is 2. The molecule has 152 valence electrons. The van der Waals surface area contributed by atoms with Crippen molar-refractivity contribution >= 4 is 44.1 Å². The van der Waals surface area contributed by atoms with E-state index < -0.39 is 21.4 Å². The second kappa shape index (κ2) is 8.36. The van der Waals surface area contributed by atoms with Crippen molar-refractivity contribution in [1.82, 2.24) is 9.29 Å². The molecule has 3 aromatic rings. The highest BCUT2D eigenvalue weighted by Crippen LogP contribution is 2.20. The normalized spacial score (nSPS) is 11.7. The van der Waals surface area contributed by atoms with Gasteiger partial charge in [0.1, 0.15) is 5.56 Å². The quantitative estimate of drug-likeness (QED) is 0.621. The van der Waals surface area contributed by atoms with Gasteiger partial charge in [-0.3, -0.25) is 9.59 Å². The topological polar surface area (TPSA) is 99.3 Å². The van der Waals surface area contributed by atoms with Crippen LogP contribution in [-0.2, 0) is 10.0 Å². The van der Waals surface area contributed by atoms with Crippen LogP contribution < -0.4 is 10.7 Å². The minimum Gasteiger partial charge on any atom is -0.359 e. The van der Waals surface area contributed by atoms with E-state index in [1.54, 1.807) is 32.0 Å². The van der Waals surface area contributed by atoms with Crippen LogP contribution in [0.1, 0.15) is 24.2 Å². The van der Waals surface area contributed by atoms with Gasteiger partial charge >= 0.3 is 0 Å². The number of carbonyl (C=O) groups is 1. The van der Waals surface area contributed by atoms with Gasteiger partial charge < -0.3 is 10.3 Å². The monoisotopic (exact) mass is 433 g/mol. The van der Waals surface area contributed by atoms with E-state index in [4.69, 9.17) is 11.6 Å². The van der Waals surface area contributed by atoms with Gasteiger partial charge in [0.15, 0.2) is 0 Å². The van der Waals surface area contributed by atoms with Gasteiger partial charge in [0.2, 0.25) is 15.5 Å². The molecule has 1 aromatic heterocycles. The van der Waals surface area contributed by atoms with Crippen LogP contribution in [0.2, 0.25) is 5.02 Å². The van der Waals surface area contributed by atoms with E-state index in [0.717, 1.165) is 0 Å². The van der Waals surface area contributed by atoms with Gasteiger partial charge in [0, 0.05) is 30.4 Å². The number of benzene rings is 2. The molecular weight excluding hydrogens is 414 g/mol. The summed E-state index contributed by atoms with van der Waals surface area (Å²) in [6.45, 7) is 4.27. The number of hydrogen-bond donors (Lipinski definition) is 2. The van der Waals surface area contributed by atoms with Crippen molar-refractivity contribution in [3.05, 3.63) is 69.5 Å². The van der Waals surface area contributed by atoms with Gasteiger partial charge in [-0.15, -0.1) is 0 Å². The minimum atomic E-state index is -3.58. The molecule has 9 heteroatoms. The number of fused-ring (bicyclic) bond motifs is 1. The molecular formula is C20H20ClN3O4S. The van der Waals surface area contributed by atoms with E-state index in [0.29, 0.717) is 34.7 Å². The number of anilines is 1. The number of rotatable bonds is 6. The van der Waals surface area contributed by atoms with Crippen molar-refractivity contribution in [3.8, 4) is 0 Å². The second-order valence-electron chi connectivity index (χ2n) is 6.26. The maximum atomic E-state index is 12.6. The fraction of sp³-hybridized carbons (Fsp3) is 0.200. The van der Waals surface area contributed by atoms with Crippen molar-refractivity contribution in [2.24, 2.45) is 0 Å². The fourth-order valence-electron chi connectivity index (χ4n) is 3.00. The Morgan fingerprint density at radius 3 is 2.38 bits per heavy atom. The standard InChI is InChI=1S/C20H20ClN3O4S/c1-3-24(4-2)29(27,28)14-10-8-13(9-11-14)23-20(26)16-12-22-18-15(19(16)25)6-5-7-17(18)21/h5-12H,3-4H2,1-2H3,(H,22,25)(H,23,26). The zero-order valence-electron chi connectivity index (χ0n) is 15.9. The van der Waals surface area contributed by atoms with E-state index in [-0.39, 0.29) is 10.5 Å². The number of carbonyl (C=O) groups excluding carboxylic acids is 1. The van der Waals surface area contributed by atoms with E-state index in [1.807, 2.05) is 0 Å². The lowest BCUT2D eigenvalue weighted by Crippen LogP contribution is -2.30. The van der Waals surface area contributed by atoms with E-state index in [9.17, 15) is 18.0 Å². The Labute approximate surface area is 173 Å². The molecule has 29 heavy (non-hydrogen) atoms. The summed E-state index contributed by atoms with van der Waals surface area (Å²) in [5, 5.41) is 3.31. The SMILES string of the molecule is CCN(CC)S(=O)(=O)c1ccc(NC(=O)c2c[nH]c3c(Cl)cccc3c2=O)cc1. The Kier molecular flexibility index (Phi) is 6.07. The van der Waals surface area contributed by atoms with Crippen molar-refractivity contribution < 1.29 is 13.2 Å². The molecule has 0 fully saturated rings. The fourth-order valence-corrected chi connectivity index (χ4v) is 4.69. The van der Waals surface area contributed by atoms with Crippen molar-refractivity contribution in [2.45, 2.75) is 18.7 Å². The van der Waals surface area contributed by atoms with E-state index in [2.05, 4.69) is 10.3 Å². The lowest BCUT2D eigenvalue weighted by atomic mass is 10.1. The van der Waals surface area contributed by atoms with Gasteiger partial charge in [-0.1, -0.05) is 31.5 Å². The van der Waals surface area contributed by atoms with Gasteiger partial charge in [0.05, 0.1) is 15.4 Å². The van der Waals surface area contributed by atoms with Crippen LogP contribution in [0.15, 0.2) is 58.4 Å². The Balaban J connectivity index is 1.86. The number of para-hydroxylation sites is 1. The summed E-state index contributed by atoms with van der Waals surface area (Å²) in [7, 11) is -3.58. The van der Waals surface area contributed by atoms with Gasteiger partial charge in [-0.2, -0.15) is 4.31 Å². The lowest BCUT2D eigenvalue weighted by molar-refractivity contribution is 0.102. The molecule has 0 radical (unpaired) electrons. The molecule has 0 bridgehead atoms. The summed E-state index contributed by atoms with van der Waals surface area (Å²) >= 11 is 6.06. The molecule has 0 aliphatic carbocycles. The average Bonchev–Trinajstić information content (AvgIpc) is 2.70. The van der Waals surface area contributed by atoms with Gasteiger partial charge in [-0.05, 0) is 36.4 Å². The summed E-state index contributed by atoms with van der Waals surface area (Å²) in [6, 6.07) is 10.7. The molecule has 1 amide bonds. The molecule has 0 atom stereocenters. The van der Waals surface area contributed by atoms with Crippen molar-refractivity contribution in [3.63, 3.8) is 0 Å². The maximum Gasteiger partial charge on any atom is 0.261 e. The third-order valence-corrected chi connectivity index (χ3v) is 6.94. The van der Waals surface area contributed by atoms with Crippen LogP contribution >= 0.6 is 11.6 Å². The van der Waals surface area contributed by atoms with Crippen LogP contribution in [0.3, 0.4) is 0 Å². The largest absolute Gasteiger partial charge is 0.359 e.